The zero-order chi connectivity index (χ0) is 8.97. The van der Waals surface area contributed by atoms with Crippen LogP contribution in [0.2, 0.25) is 0 Å². The van der Waals surface area contributed by atoms with Crippen molar-refractivity contribution >= 4 is 12.2 Å². The number of carbonyl (C=O) groups excluding carboxylic acids is 2. The van der Waals surface area contributed by atoms with Crippen LogP contribution in [0, 0.1) is 5.92 Å². The fraction of sp³-hybridized carbons (Fsp3) is 0.750. The smallest absolute Gasteiger partial charge is 0.221 e. The summed E-state index contributed by atoms with van der Waals surface area (Å²) in [6.07, 6.45) is 2.29. The van der Waals surface area contributed by atoms with E-state index in [1.54, 1.807) is 0 Å². The quantitative estimate of drug-likeness (QED) is 0.572. The van der Waals surface area contributed by atoms with Crippen molar-refractivity contribution in [3.8, 4) is 0 Å². The van der Waals surface area contributed by atoms with Gasteiger partial charge in [0.15, 0.2) is 0 Å². The Hall–Kier alpha value is -0.900. The Morgan fingerprint density at radius 2 is 2.42 bits per heavy atom. The number of aldehydes is 1. The highest BCUT2D eigenvalue weighted by Crippen LogP contribution is 2.14. The van der Waals surface area contributed by atoms with Crippen LogP contribution in [-0.2, 0) is 9.59 Å². The molecule has 0 spiro atoms. The van der Waals surface area contributed by atoms with Crippen molar-refractivity contribution < 1.29 is 9.59 Å². The summed E-state index contributed by atoms with van der Waals surface area (Å²) in [6.45, 7) is 2.37. The van der Waals surface area contributed by atoms with Gasteiger partial charge in [-0.1, -0.05) is 0 Å². The molecule has 0 aliphatic carbocycles. The predicted octanol–water partition coefficient (Wildman–Crippen LogP) is -0.617. The zero-order valence-corrected chi connectivity index (χ0v) is 7.03. The molecule has 1 unspecified atom stereocenters. The lowest BCUT2D eigenvalue weighted by atomic mass is 10.1. The van der Waals surface area contributed by atoms with Gasteiger partial charge >= 0.3 is 0 Å². The van der Waals surface area contributed by atoms with E-state index in [1.807, 2.05) is 0 Å². The van der Waals surface area contributed by atoms with E-state index in [4.69, 9.17) is 5.73 Å². The molecule has 1 aliphatic heterocycles. The summed E-state index contributed by atoms with van der Waals surface area (Å²) < 4.78 is 0. The minimum absolute atomic E-state index is 0.00310. The average Bonchev–Trinajstić information content (AvgIpc) is 2.48. The van der Waals surface area contributed by atoms with E-state index in [9.17, 15) is 9.59 Å². The van der Waals surface area contributed by atoms with Crippen molar-refractivity contribution in [1.82, 2.24) is 4.90 Å². The van der Waals surface area contributed by atoms with Gasteiger partial charge in [-0.05, 0) is 13.0 Å². The second-order valence-corrected chi connectivity index (χ2v) is 3.14. The number of likely N-dealkylation sites (tertiary alicyclic amines) is 1. The standard InChI is InChI=1S/C8H14N2O2/c9-8(12)7-2-4-10(6-7)3-1-5-11/h5,7H,1-4,6H2,(H2,9,12). The Bertz CT molecular complexity index is 182. The van der Waals surface area contributed by atoms with Gasteiger partial charge in [-0.25, -0.2) is 0 Å². The van der Waals surface area contributed by atoms with E-state index < -0.39 is 0 Å². The second-order valence-electron chi connectivity index (χ2n) is 3.14. The van der Waals surface area contributed by atoms with Crippen LogP contribution >= 0.6 is 0 Å². The van der Waals surface area contributed by atoms with Crippen LogP contribution < -0.4 is 5.73 Å². The molecule has 1 heterocycles. The molecule has 68 valence electrons. The Kier molecular flexibility index (Phi) is 3.22. The third-order valence-corrected chi connectivity index (χ3v) is 2.24. The zero-order valence-electron chi connectivity index (χ0n) is 7.03. The van der Waals surface area contributed by atoms with Gasteiger partial charge in [0, 0.05) is 19.5 Å². The number of rotatable bonds is 4. The van der Waals surface area contributed by atoms with Crippen molar-refractivity contribution in [2.24, 2.45) is 11.7 Å². The average molecular weight is 170 g/mol. The Balaban J connectivity index is 2.25. The highest BCUT2D eigenvalue weighted by molar-refractivity contribution is 5.77. The van der Waals surface area contributed by atoms with Crippen LogP contribution in [0.25, 0.3) is 0 Å². The maximum Gasteiger partial charge on any atom is 0.221 e. The van der Waals surface area contributed by atoms with Crippen LogP contribution in [0.1, 0.15) is 12.8 Å². The maximum absolute atomic E-state index is 10.7. The Morgan fingerprint density at radius 3 is 2.92 bits per heavy atom. The summed E-state index contributed by atoms with van der Waals surface area (Å²) in [5.41, 5.74) is 5.15. The first-order valence-electron chi connectivity index (χ1n) is 4.19. The summed E-state index contributed by atoms with van der Waals surface area (Å²) in [7, 11) is 0. The van der Waals surface area contributed by atoms with E-state index in [0.717, 1.165) is 32.3 Å². The van der Waals surface area contributed by atoms with Gasteiger partial charge in [0.2, 0.25) is 5.91 Å². The molecule has 1 saturated heterocycles. The van der Waals surface area contributed by atoms with E-state index in [0.29, 0.717) is 6.42 Å². The monoisotopic (exact) mass is 170 g/mol. The molecule has 0 aromatic rings. The first-order valence-corrected chi connectivity index (χ1v) is 4.19. The van der Waals surface area contributed by atoms with Gasteiger partial charge in [0.1, 0.15) is 6.29 Å². The normalized spacial score (nSPS) is 24.2. The molecular weight excluding hydrogens is 156 g/mol. The summed E-state index contributed by atoms with van der Waals surface area (Å²) >= 11 is 0. The molecule has 0 aromatic carbocycles. The Labute approximate surface area is 71.7 Å². The molecule has 1 aliphatic rings. The van der Waals surface area contributed by atoms with Crippen molar-refractivity contribution in [1.29, 1.82) is 0 Å². The first kappa shape index (κ1) is 9.19. The molecule has 0 saturated carbocycles. The van der Waals surface area contributed by atoms with Gasteiger partial charge in [-0.15, -0.1) is 0 Å². The Morgan fingerprint density at radius 1 is 1.67 bits per heavy atom. The number of hydrogen-bond donors (Lipinski definition) is 1. The SMILES string of the molecule is NC(=O)C1CCN(CCC=O)C1. The minimum Gasteiger partial charge on any atom is -0.369 e. The van der Waals surface area contributed by atoms with Gasteiger partial charge in [0.05, 0.1) is 5.92 Å². The first-order chi connectivity index (χ1) is 5.74. The van der Waals surface area contributed by atoms with Gasteiger partial charge in [0.25, 0.3) is 0 Å². The van der Waals surface area contributed by atoms with Gasteiger partial charge in [-0.3, -0.25) is 4.79 Å². The minimum atomic E-state index is -0.219. The molecule has 12 heavy (non-hydrogen) atoms. The predicted molar refractivity (Wildman–Crippen MR) is 44.4 cm³/mol. The van der Waals surface area contributed by atoms with Crippen molar-refractivity contribution in [2.75, 3.05) is 19.6 Å². The number of carbonyl (C=O) groups is 2. The molecule has 0 aromatic heterocycles. The van der Waals surface area contributed by atoms with Crippen LogP contribution in [0.4, 0.5) is 0 Å². The van der Waals surface area contributed by atoms with Crippen LogP contribution in [0.3, 0.4) is 0 Å². The van der Waals surface area contributed by atoms with Crippen LogP contribution in [-0.4, -0.2) is 36.7 Å². The van der Waals surface area contributed by atoms with Gasteiger partial charge in [-0.2, -0.15) is 0 Å². The fourth-order valence-electron chi connectivity index (χ4n) is 1.50. The fourth-order valence-corrected chi connectivity index (χ4v) is 1.50. The van der Waals surface area contributed by atoms with Crippen molar-refractivity contribution in [2.45, 2.75) is 12.8 Å². The van der Waals surface area contributed by atoms with E-state index in [-0.39, 0.29) is 11.8 Å². The van der Waals surface area contributed by atoms with E-state index in [1.165, 1.54) is 0 Å². The molecular formula is C8H14N2O2. The van der Waals surface area contributed by atoms with Crippen LogP contribution in [0.15, 0.2) is 0 Å². The number of hydrogen-bond acceptors (Lipinski definition) is 3. The molecule has 0 radical (unpaired) electrons. The molecule has 4 nitrogen and oxygen atoms in total. The summed E-state index contributed by atoms with van der Waals surface area (Å²) in [4.78, 5) is 22.9. The number of primary amides is 1. The molecule has 2 N–H and O–H groups in total. The largest absolute Gasteiger partial charge is 0.369 e. The molecule has 1 rings (SSSR count). The maximum atomic E-state index is 10.7. The van der Waals surface area contributed by atoms with Crippen molar-refractivity contribution in [3.63, 3.8) is 0 Å². The topological polar surface area (TPSA) is 63.4 Å². The lowest BCUT2D eigenvalue weighted by Gasteiger charge is -2.12. The lowest BCUT2D eigenvalue weighted by molar-refractivity contribution is -0.121. The van der Waals surface area contributed by atoms with Crippen molar-refractivity contribution in [3.05, 3.63) is 0 Å². The molecule has 1 atom stereocenters. The van der Waals surface area contributed by atoms with E-state index >= 15 is 0 Å². The molecule has 4 heteroatoms. The second kappa shape index (κ2) is 4.21. The number of nitrogens with zero attached hydrogens (tertiary/aromatic N) is 1. The summed E-state index contributed by atoms with van der Waals surface area (Å²) in [5, 5.41) is 0. The summed E-state index contributed by atoms with van der Waals surface area (Å²) in [6, 6.07) is 0. The third-order valence-electron chi connectivity index (χ3n) is 2.24. The van der Waals surface area contributed by atoms with Crippen LogP contribution in [0.5, 0.6) is 0 Å². The summed E-state index contributed by atoms with van der Waals surface area (Å²) in [5.74, 6) is -0.222. The van der Waals surface area contributed by atoms with Gasteiger partial charge < -0.3 is 15.4 Å². The molecule has 1 fully saturated rings. The van der Waals surface area contributed by atoms with E-state index in [2.05, 4.69) is 4.90 Å². The number of nitrogens with two attached hydrogens (primary N) is 1. The third kappa shape index (κ3) is 2.30. The number of amides is 1. The highest BCUT2D eigenvalue weighted by Gasteiger charge is 2.25. The molecule has 1 amide bonds. The highest BCUT2D eigenvalue weighted by atomic mass is 16.1. The lowest BCUT2D eigenvalue weighted by Crippen LogP contribution is -2.28. The molecule has 0 bridgehead atoms.